The molecule has 0 unspecified atom stereocenters. The standard InChI is InChI=1S/C18H17FN4O3S/c1-26-15-8-6-14(7-9-15)23-16(21-22-18(23)27-11-17(24)25)10-20-13-4-2-12(19)3-5-13/h2-9,20H,10-11H2,1H3,(H,24,25)/p-1. The fourth-order valence-corrected chi connectivity index (χ4v) is 3.06. The maximum Gasteiger partial charge on any atom is 0.196 e. The van der Waals surface area contributed by atoms with E-state index in [-0.39, 0.29) is 11.6 Å². The summed E-state index contributed by atoms with van der Waals surface area (Å²) in [5, 5.41) is 22.6. The predicted molar refractivity (Wildman–Crippen MR) is 97.4 cm³/mol. The summed E-state index contributed by atoms with van der Waals surface area (Å²) in [5.74, 6) is -0.468. The number of nitrogens with one attached hydrogen (secondary N) is 1. The molecule has 0 radical (unpaired) electrons. The van der Waals surface area contributed by atoms with Crippen molar-refractivity contribution < 1.29 is 19.0 Å². The maximum absolute atomic E-state index is 13.0. The van der Waals surface area contributed by atoms with Gasteiger partial charge in [0.25, 0.3) is 0 Å². The van der Waals surface area contributed by atoms with E-state index >= 15 is 0 Å². The number of benzene rings is 2. The maximum atomic E-state index is 13.0. The Morgan fingerprint density at radius 2 is 1.89 bits per heavy atom. The molecule has 0 saturated carbocycles. The lowest BCUT2D eigenvalue weighted by molar-refractivity contribution is -0.301. The van der Waals surface area contributed by atoms with Crippen LogP contribution in [0.15, 0.2) is 53.7 Å². The van der Waals surface area contributed by atoms with Gasteiger partial charge in [-0.2, -0.15) is 0 Å². The summed E-state index contributed by atoms with van der Waals surface area (Å²) in [7, 11) is 1.58. The van der Waals surface area contributed by atoms with Crippen LogP contribution < -0.4 is 15.2 Å². The number of hydrogen-bond donors (Lipinski definition) is 1. The van der Waals surface area contributed by atoms with Crippen molar-refractivity contribution in [3.8, 4) is 11.4 Å². The zero-order chi connectivity index (χ0) is 19.2. The fraction of sp³-hybridized carbons (Fsp3) is 0.167. The van der Waals surface area contributed by atoms with Crippen LogP contribution in [0.3, 0.4) is 0 Å². The molecule has 3 aromatic rings. The second kappa shape index (κ2) is 8.54. The minimum Gasteiger partial charge on any atom is -0.549 e. The first kappa shape index (κ1) is 18.7. The molecule has 1 N–H and O–H groups in total. The number of rotatable bonds is 8. The van der Waals surface area contributed by atoms with Gasteiger partial charge in [0.2, 0.25) is 0 Å². The molecular weight excluding hydrogens is 371 g/mol. The van der Waals surface area contributed by atoms with E-state index in [0.717, 1.165) is 23.1 Å². The highest BCUT2D eigenvalue weighted by atomic mass is 32.2. The van der Waals surface area contributed by atoms with Gasteiger partial charge in [-0.15, -0.1) is 10.2 Å². The van der Waals surface area contributed by atoms with Gasteiger partial charge >= 0.3 is 0 Å². The highest BCUT2D eigenvalue weighted by molar-refractivity contribution is 7.99. The molecule has 1 aromatic heterocycles. The lowest BCUT2D eigenvalue weighted by Gasteiger charge is -2.12. The first-order valence-corrected chi connectivity index (χ1v) is 8.96. The minimum atomic E-state index is -1.18. The van der Waals surface area contributed by atoms with E-state index in [1.807, 2.05) is 12.1 Å². The number of methoxy groups -OCH3 is 1. The molecule has 0 amide bonds. The molecule has 0 aliphatic heterocycles. The average molecular weight is 387 g/mol. The monoisotopic (exact) mass is 387 g/mol. The molecular formula is C18H16FN4O3S-. The highest BCUT2D eigenvalue weighted by Crippen LogP contribution is 2.24. The van der Waals surface area contributed by atoms with Gasteiger partial charge in [-0.25, -0.2) is 4.39 Å². The Labute approximate surface area is 159 Å². The predicted octanol–water partition coefficient (Wildman–Crippen LogP) is 1.87. The zero-order valence-corrected chi connectivity index (χ0v) is 15.2. The average Bonchev–Trinajstić information content (AvgIpc) is 3.09. The third kappa shape index (κ3) is 4.76. The van der Waals surface area contributed by atoms with E-state index in [2.05, 4.69) is 15.5 Å². The van der Waals surface area contributed by atoms with Gasteiger partial charge in [0.05, 0.1) is 19.6 Å². The van der Waals surface area contributed by atoms with Crippen LogP contribution in [0.25, 0.3) is 5.69 Å². The van der Waals surface area contributed by atoms with Crippen molar-refractivity contribution in [3.63, 3.8) is 0 Å². The van der Waals surface area contributed by atoms with Crippen LogP contribution in [-0.4, -0.2) is 33.6 Å². The third-order valence-electron chi connectivity index (χ3n) is 3.64. The van der Waals surface area contributed by atoms with E-state index in [9.17, 15) is 14.3 Å². The fourth-order valence-electron chi connectivity index (χ4n) is 2.37. The number of carboxylic acids is 1. The summed E-state index contributed by atoms with van der Waals surface area (Å²) in [6, 6.07) is 13.2. The number of thioether (sulfide) groups is 1. The van der Waals surface area contributed by atoms with Gasteiger partial charge in [0, 0.05) is 17.1 Å². The number of anilines is 1. The van der Waals surface area contributed by atoms with Crippen molar-refractivity contribution >= 4 is 23.4 Å². The number of nitrogens with zero attached hydrogens (tertiary/aromatic N) is 3. The first-order chi connectivity index (χ1) is 13.1. The van der Waals surface area contributed by atoms with Crippen molar-refractivity contribution in [2.24, 2.45) is 0 Å². The van der Waals surface area contributed by atoms with Gasteiger partial charge in [0.15, 0.2) is 11.0 Å². The Hall–Kier alpha value is -3.07. The van der Waals surface area contributed by atoms with Gasteiger partial charge in [0.1, 0.15) is 11.6 Å². The number of ether oxygens (including phenoxy) is 1. The summed E-state index contributed by atoms with van der Waals surface area (Å²) in [4.78, 5) is 10.8. The number of carbonyl (C=O) groups excluding carboxylic acids is 1. The van der Waals surface area contributed by atoms with Gasteiger partial charge in [-0.3, -0.25) is 4.57 Å². The second-order valence-corrected chi connectivity index (χ2v) is 6.40. The van der Waals surface area contributed by atoms with Crippen molar-refractivity contribution in [3.05, 3.63) is 60.2 Å². The number of aromatic nitrogens is 3. The number of aliphatic carboxylic acids is 1. The van der Waals surface area contributed by atoms with Crippen LogP contribution in [0, 0.1) is 5.82 Å². The minimum absolute atomic E-state index is 0.236. The number of halogens is 1. The Morgan fingerprint density at radius 1 is 1.19 bits per heavy atom. The van der Waals surface area contributed by atoms with Gasteiger partial charge < -0.3 is 20.0 Å². The largest absolute Gasteiger partial charge is 0.549 e. The summed E-state index contributed by atoms with van der Waals surface area (Å²) >= 11 is 1.02. The van der Waals surface area contributed by atoms with Crippen molar-refractivity contribution in [2.45, 2.75) is 11.7 Å². The highest BCUT2D eigenvalue weighted by Gasteiger charge is 2.14. The second-order valence-electron chi connectivity index (χ2n) is 5.45. The molecule has 0 spiro atoms. The molecule has 0 fully saturated rings. The molecule has 0 aliphatic rings. The molecule has 0 saturated heterocycles. The molecule has 27 heavy (non-hydrogen) atoms. The molecule has 9 heteroatoms. The molecule has 0 atom stereocenters. The molecule has 1 heterocycles. The quantitative estimate of drug-likeness (QED) is 0.590. The van der Waals surface area contributed by atoms with Crippen LogP contribution in [0.4, 0.5) is 10.1 Å². The number of hydrogen-bond acceptors (Lipinski definition) is 7. The SMILES string of the molecule is COc1ccc(-n2c(CNc3ccc(F)cc3)nnc2SCC(=O)[O-])cc1. The zero-order valence-electron chi connectivity index (χ0n) is 14.4. The Balaban J connectivity index is 1.87. The Kier molecular flexibility index (Phi) is 5.92. The smallest absolute Gasteiger partial charge is 0.196 e. The number of carboxylic acid groups (broad SMARTS) is 1. The summed E-state index contributed by atoms with van der Waals surface area (Å²) in [6.45, 7) is 0.316. The van der Waals surface area contributed by atoms with E-state index in [1.165, 1.54) is 12.1 Å². The van der Waals surface area contributed by atoms with E-state index in [0.29, 0.717) is 23.3 Å². The van der Waals surface area contributed by atoms with E-state index < -0.39 is 5.97 Å². The topological polar surface area (TPSA) is 92.1 Å². The van der Waals surface area contributed by atoms with Gasteiger partial charge in [-0.1, -0.05) is 11.8 Å². The van der Waals surface area contributed by atoms with Gasteiger partial charge in [-0.05, 0) is 48.5 Å². The lowest BCUT2D eigenvalue weighted by Crippen LogP contribution is -2.24. The molecule has 3 rings (SSSR count). The molecule has 0 bridgehead atoms. The molecule has 7 nitrogen and oxygen atoms in total. The van der Waals surface area contributed by atoms with Crippen LogP contribution in [0.5, 0.6) is 5.75 Å². The van der Waals surface area contributed by atoms with Crippen LogP contribution >= 0.6 is 11.8 Å². The lowest BCUT2D eigenvalue weighted by atomic mass is 10.3. The summed E-state index contributed by atoms with van der Waals surface area (Å²) in [5.41, 5.74) is 1.49. The van der Waals surface area contributed by atoms with Crippen molar-refractivity contribution in [2.75, 3.05) is 18.2 Å². The molecule has 0 aliphatic carbocycles. The van der Waals surface area contributed by atoms with Crippen molar-refractivity contribution in [1.29, 1.82) is 0 Å². The summed E-state index contributed by atoms with van der Waals surface area (Å²) in [6.07, 6.45) is 0. The van der Waals surface area contributed by atoms with E-state index in [1.54, 1.807) is 35.9 Å². The third-order valence-corrected chi connectivity index (χ3v) is 4.55. The van der Waals surface area contributed by atoms with Crippen LogP contribution in [0.1, 0.15) is 5.82 Å². The molecule has 2 aromatic carbocycles. The molecule has 140 valence electrons. The normalized spacial score (nSPS) is 10.6. The van der Waals surface area contributed by atoms with Crippen LogP contribution in [0.2, 0.25) is 0 Å². The Bertz CT molecular complexity index is 913. The van der Waals surface area contributed by atoms with E-state index in [4.69, 9.17) is 4.74 Å². The Morgan fingerprint density at radius 3 is 2.52 bits per heavy atom. The summed E-state index contributed by atoms with van der Waals surface area (Å²) < 4.78 is 20.0. The first-order valence-electron chi connectivity index (χ1n) is 7.97. The van der Waals surface area contributed by atoms with Crippen LogP contribution in [-0.2, 0) is 11.3 Å². The number of carbonyl (C=O) groups is 1. The van der Waals surface area contributed by atoms with Crippen molar-refractivity contribution in [1.82, 2.24) is 14.8 Å².